The fourth-order valence-corrected chi connectivity index (χ4v) is 1.70. The molecule has 0 unspecified atom stereocenters. The molecule has 0 bridgehead atoms. The molecule has 1 aromatic carbocycles. The first kappa shape index (κ1) is 12.4. The van der Waals surface area contributed by atoms with Crippen molar-refractivity contribution in [2.45, 2.75) is 0 Å². The number of benzene rings is 1. The van der Waals surface area contributed by atoms with Gasteiger partial charge < -0.3 is 15.2 Å². The number of methoxy groups -OCH3 is 2. The van der Waals surface area contributed by atoms with Crippen molar-refractivity contribution >= 4 is 17.3 Å². The topological polar surface area (TPSA) is 70.3 Å². The highest BCUT2D eigenvalue weighted by molar-refractivity contribution is 6.31. The van der Waals surface area contributed by atoms with Crippen LogP contribution in [0.15, 0.2) is 24.4 Å². The van der Waals surface area contributed by atoms with Crippen LogP contribution in [0.1, 0.15) is 0 Å². The van der Waals surface area contributed by atoms with Gasteiger partial charge >= 0.3 is 6.01 Å². The first-order valence-corrected chi connectivity index (χ1v) is 5.54. The number of rotatable bonds is 3. The molecule has 0 aliphatic heterocycles. The van der Waals surface area contributed by atoms with Crippen LogP contribution in [-0.4, -0.2) is 24.2 Å². The molecular formula is C12H12ClN3O2. The lowest BCUT2D eigenvalue weighted by atomic mass is 10.1. The van der Waals surface area contributed by atoms with E-state index in [0.29, 0.717) is 27.7 Å². The van der Waals surface area contributed by atoms with Crippen molar-refractivity contribution in [1.29, 1.82) is 0 Å². The summed E-state index contributed by atoms with van der Waals surface area (Å²) in [5, 5.41) is 0.568. The van der Waals surface area contributed by atoms with E-state index < -0.39 is 0 Å². The van der Waals surface area contributed by atoms with Crippen molar-refractivity contribution in [3.8, 4) is 23.0 Å². The number of nitrogens with zero attached hydrogens (tertiary/aromatic N) is 2. The molecule has 2 N–H and O–H groups in total. The van der Waals surface area contributed by atoms with E-state index in [1.54, 1.807) is 18.2 Å². The number of hydrogen-bond acceptors (Lipinski definition) is 5. The maximum atomic E-state index is 5.96. The lowest BCUT2D eigenvalue weighted by Gasteiger charge is -2.10. The monoisotopic (exact) mass is 265 g/mol. The van der Waals surface area contributed by atoms with Crippen LogP contribution in [0.3, 0.4) is 0 Å². The average molecular weight is 266 g/mol. The first-order chi connectivity index (χ1) is 8.65. The van der Waals surface area contributed by atoms with Gasteiger partial charge in [-0.25, -0.2) is 0 Å². The fraction of sp³-hybridized carbons (Fsp3) is 0.167. The Hall–Kier alpha value is -2.01. The normalized spacial score (nSPS) is 10.2. The molecule has 0 amide bonds. The van der Waals surface area contributed by atoms with Crippen molar-refractivity contribution in [3.63, 3.8) is 0 Å². The van der Waals surface area contributed by atoms with Crippen molar-refractivity contribution in [2.75, 3.05) is 20.0 Å². The second kappa shape index (κ2) is 5.10. The van der Waals surface area contributed by atoms with Crippen LogP contribution in [0.4, 0.5) is 5.69 Å². The van der Waals surface area contributed by atoms with Gasteiger partial charge in [-0.05, 0) is 18.2 Å². The smallest absolute Gasteiger partial charge is 0.316 e. The highest BCUT2D eigenvalue weighted by Crippen LogP contribution is 2.34. The predicted molar refractivity (Wildman–Crippen MR) is 70.0 cm³/mol. The molecule has 0 spiro atoms. The molecule has 1 aromatic heterocycles. The summed E-state index contributed by atoms with van der Waals surface area (Å²) in [4.78, 5) is 8.21. The van der Waals surface area contributed by atoms with Crippen LogP contribution in [0.5, 0.6) is 11.8 Å². The zero-order valence-corrected chi connectivity index (χ0v) is 10.7. The summed E-state index contributed by atoms with van der Waals surface area (Å²) < 4.78 is 10.2. The summed E-state index contributed by atoms with van der Waals surface area (Å²) in [6.45, 7) is 0. The fourth-order valence-electron chi connectivity index (χ4n) is 1.53. The molecule has 0 atom stereocenters. The standard InChI is InChI=1S/C12H12ClN3O2/c1-17-10-6-15-12(18-2)16-11(10)8-5-7(13)3-4-9(8)14/h3-6H,14H2,1-2H3. The number of aromatic nitrogens is 2. The Kier molecular flexibility index (Phi) is 3.53. The highest BCUT2D eigenvalue weighted by Gasteiger charge is 2.13. The van der Waals surface area contributed by atoms with Gasteiger partial charge in [-0.3, -0.25) is 0 Å². The maximum absolute atomic E-state index is 5.96. The lowest BCUT2D eigenvalue weighted by molar-refractivity contribution is 0.371. The second-order valence-corrected chi connectivity index (χ2v) is 3.94. The van der Waals surface area contributed by atoms with Crippen molar-refractivity contribution in [1.82, 2.24) is 9.97 Å². The molecule has 0 aliphatic carbocycles. The number of halogens is 1. The number of ether oxygens (including phenoxy) is 2. The van der Waals surface area contributed by atoms with E-state index in [1.807, 2.05) is 0 Å². The number of nitrogen functional groups attached to an aromatic ring is 1. The third-order valence-corrected chi connectivity index (χ3v) is 2.64. The minimum atomic E-state index is 0.241. The molecule has 18 heavy (non-hydrogen) atoms. The Bertz CT molecular complexity index is 575. The van der Waals surface area contributed by atoms with E-state index in [0.717, 1.165) is 0 Å². The largest absolute Gasteiger partial charge is 0.493 e. The van der Waals surface area contributed by atoms with Crippen molar-refractivity contribution < 1.29 is 9.47 Å². The molecule has 0 saturated heterocycles. The van der Waals surface area contributed by atoms with Crippen LogP contribution in [0.25, 0.3) is 11.3 Å². The van der Waals surface area contributed by atoms with E-state index in [1.165, 1.54) is 20.4 Å². The quantitative estimate of drug-likeness (QED) is 0.863. The molecule has 2 rings (SSSR count). The first-order valence-electron chi connectivity index (χ1n) is 5.16. The predicted octanol–water partition coefficient (Wildman–Crippen LogP) is 2.40. The summed E-state index contributed by atoms with van der Waals surface area (Å²) in [5.74, 6) is 0.504. The molecule has 0 fully saturated rings. The minimum Gasteiger partial charge on any atom is -0.493 e. The van der Waals surface area contributed by atoms with Crippen LogP contribution in [0.2, 0.25) is 5.02 Å². The van der Waals surface area contributed by atoms with E-state index in [9.17, 15) is 0 Å². The molecule has 6 heteroatoms. The molecule has 0 saturated carbocycles. The third-order valence-electron chi connectivity index (χ3n) is 2.41. The van der Waals surface area contributed by atoms with Crippen LogP contribution >= 0.6 is 11.6 Å². The summed E-state index contributed by atoms with van der Waals surface area (Å²) in [5.41, 5.74) is 7.70. The van der Waals surface area contributed by atoms with Gasteiger partial charge in [0.15, 0.2) is 5.75 Å². The summed E-state index contributed by atoms with van der Waals surface area (Å²) in [7, 11) is 3.03. The Morgan fingerprint density at radius 3 is 2.67 bits per heavy atom. The van der Waals surface area contributed by atoms with E-state index in [2.05, 4.69) is 9.97 Å². The van der Waals surface area contributed by atoms with Gasteiger partial charge in [0, 0.05) is 16.3 Å². The van der Waals surface area contributed by atoms with Crippen LogP contribution in [0, 0.1) is 0 Å². The van der Waals surface area contributed by atoms with Gasteiger partial charge in [0.25, 0.3) is 0 Å². The zero-order valence-electron chi connectivity index (χ0n) is 9.98. The van der Waals surface area contributed by atoms with Gasteiger partial charge in [0.1, 0.15) is 5.69 Å². The maximum Gasteiger partial charge on any atom is 0.316 e. The van der Waals surface area contributed by atoms with Gasteiger partial charge in [-0.1, -0.05) is 11.6 Å². The molecule has 5 nitrogen and oxygen atoms in total. The average Bonchev–Trinajstić information content (AvgIpc) is 2.40. The zero-order chi connectivity index (χ0) is 13.1. The van der Waals surface area contributed by atoms with Gasteiger partial charge in [-0.15, -0.1) is 0 Å². The van der Waals surface area contributed by atoms with Crippen LogP contribution < -0.4 is 15.2 Å². The molecule has 0 radical (unpaired) electrons. The van der Waals surface area contributed by atoms with E-state index >= 15 is 0 Å². The van der Waals surface area contributed by atoms with E-state index in [4.69, 9.17) is 26.8 Å². The number of nitrogens with two attached hydrogens (primary N) is 1. The van der Waals surface area contributed by atoms with Gasteiger partial charge in [0.05, 0.1) is 20.4 Å². The Balaban J connectivity index is 2.64. The molecule has 0 aliphatic rings. The Morgan fingerprint density at radius 2 is 2.00 bits per heavy atom. The number of hydrogen-bond donors (Lipinski definition) is 1. The van der Waals surface area contributed by atoms with Crippen molar-refractivity contribution in [3.05, 3.63) is 29.4 Å². The Labute approximate surface area is 110 Å². The summed E-state index contributed by atoms with van der Waals surface area (Å²) >= 11 is 5.96. The minimum absolute atomic E-state index is 0.241. The molecule has 2 aromatic rings. The van der Waals surface area contributed by atoms with Crippen molar-refractivity contribution in [2.24, 2.45) is 0 Å². The molecule has 1 heterocycles. The van der Waals surface area contributed by atoms with E-state index in [-0.39, 0.29) is 6.01 Å². The number of anilines is 1. The van der Waals surface area contributed by atoms with Gasteiger partial charge in [0.2, 0.25) is 0 Å². The van der Waals surface area contributed by atoms with Gasteiger partial charge in [-0.2, -0.15) is 9.97 Å². The lowest BCUT2D eigenvalue weighted by Crippen LogP contribution is -1.99. The summed E-state index contributed by atoms with van der Waals surface area (Å²) in [6.07, 6.45) is 1.53. The SMILES string of the molecule is COc1ncc(OC)c(-c2cc(Cl)ccc2N)n1. The third kappa shape index (κ3) is 2.31. The molecular weight excluding hydrogens is 254 g/mol. The Morgan fingerprint density at radius 1 is 1.22 bits per heavy atom. The van der Waals surface area contributed by atoms with Crippen LogP contribution in [-0.2, 0) is 0 Å². The highest BCUT2D eigenvalue weighted by atomic mass is 35.5. The second-order valence-electron chi connectivity index (χ2n) is 3.51. The molecule has 94 valence electrons. The summed E-state index contributed by atoms with van der Waals surface area (Å²) in [6, 6.07) is 5.39.